The Morgan fingerprint density at radius 2 is 1.11 bits per heavy atom. The summed E-state index contributed by atoms with van der Waals surface area (Å²) in [6.45, 7) is 1.04. The summed E-state index contributed by atoms with van der Waals surface area (Å²) < 4.78 is 148. The lowest BCUT2D eigenvalue weighted by Gasteiger charge is -2.26. The molecule has 3 aromatic rings. The first-order chi connectivity index (χ1) is 24.8. The van der Waals surface area contributed by atoms with Gasteiger partial charge in [0.05, 0.1) is 24.3 Å². The molecule has 1 atom stereocenters. The van der Waals surface area contributed by atoms with Crippen molar-refractivity contribution < 1.29 is 77.2 Å². The van der Waals surface area contributed by atoms with E-state index in [2.05, 4.69) is 4.74 Å². The normalized spacial score (nSPS) is 12.9. The Balaban J connectivity index is 1.45. The SMILES string of the molecule is CCCCCC[C@@H](OC(=O)c1ccc(OC(=O)c2ccc(-c3ccc(OCCCCOC(=O)C(F)(F)C(F)(F)C(F)(F)F)cc3)cc2)cc1)C(F)(F)F. The minimum atomic E-state index is -6.65. The molecule has 0 aliphatic carbocycles. The van der Waals surface area contributed by atoms with Crippen LogP contribution in [-0.2, 0) is 14.3 Å². The molecule has 0 heterocycles. The zero-order valence-corrected chi connectivity index (χ0v) is 28.0. The van der Waals surface area contributed by atoms with Crippen LogP contribution < -0.4 is 9.47 Å². The Kier molecular flexibility index (Phi) is 14.7. The molecule has 0 saturated heterocycles. The lowest BCUT2D eigenvalue weighted by atomic mass is 10.0. The monoisotopic (exact) mass is 768 g/mol. The van der Waals surface area contributed by atoms with Gasteiger partial charge in [0.15, 0.2) is 6.10 Å². The maximum Gasteiger partial charge on any atom is 0.460 e. The smallest absolute Gasteiger partial charge is 0.460 e. The van der Waals surface area contributed by atoms with Crippen LogP contribution in [0.15, 0.2) is 72.8 Å². The minimum absolute atomic E-state index is 0.0336. The summed E-state index contributed by atoms with van der Waals surface area (Å²) in [7, 11) is 0. The Labute approximate surface area is 297 Å². The van der Waals surface area contributed by atoms with Crippen molar-refractivity contribution in [3.63, 3.8) is 0 Å². The van der Waals surface area contributed by atoms with Gasteiger partial charge in [-0.3, -0.25) is 0 Å². The number of hydrogen-bond donors (Lipinski definition) is 0. The van der Waals surface area contributed by atoms with Crippen LogP contribution in [0, 0.1) is 0 Å². The number of rotatable bonds is 18. The number of alkyl halides is 10. The number of unbranched alkanes of at least 4 members (excludes halogenated alkanes) is 4. The zero-order valence-electron chi connectivity index (χ0n) is 28.0. The molecule has 0 aromatic heterocycles. The van der Waals surface area contributed by atoms with E-state index in [1.165, 1.54) is 36.4 Å². The van der Waals surface area contributed by atoms with Gasteiger partial charge in [-0.15, -0.1) is 0 Å². The molecular weight excluding hydrogens is 734 g/mol. The summed E-state index contributed by atoms with van der Waals surface area (Å²) in [5.41, 5.74) is 1.41. The predicted octanol–water partition coefficient (Wildman–Crippen LogP) is 10.2. The summed E-state index contributed by atoms with van der Waals surface area (Å²) in [5, 5.41) is 0. The highest BCUT2D eigenvalue weighted by molar-refractivity contribution is 5.92. The first-order valence-corrected chi connectivity index (χ1v) is 16.2. The topological polar surface area (TPSA) is 88.1 Å². The van der Waals surface area contributed by atoms with Crippen molar-refractivity contribution >= 4 is 17.9 Å². The van der Waals surface area contributed by atoms with Crippen molar-refractivity contribution in [1.29, 1.82) is 0 Å². The van der Waals surface area contributed by atoms with Gasteiger partial charge in [0.25, 0.3) is 0 Å². The average molecular weight is 769 g/mol. The number of benzene rings is 3. The van der Waals surface area contributed by atoms with Gasteiger partial charge in [0, 0.05) is 0 Å². The molecule has 0 N–H and O–H groups in total. The average Bonchev–Trinajstić information content (AvgIpc) is 3.10. The second-order valence-corrected chi connectivity index (χ2v) is 11.6. The van der Waals surface area contributed by atoms with Crippen molar-refractivity contribution in [1.82, 2.24) is 0 Å². The zero-order chi connectivity index (χ0) is 39.5. The number of hydrogen-bond acceptors (Lipinski definition) is 7. The predicted molar refractivity (Wildman–Crippen MR) is 169 cm³/mol. The Bertz CT molecular complexity index is 1640. The minimum Gasteiger partial charge on any atom is -0.494 e. The number of carbonyl (C=O) groups excluding carboxylic acids is 3. The fourth-order valence-electron chi connectivity index (χ4n) is 4.57. The molecule has 17 heteroatoms. The third-order valence-corrected chi connectivity index (χ3v) is 7.59. The number of esters is 3. The lowest BCUT2D eigenvalue weighted by Crippen LogP contribution is -2.56. The van der Waals surface area contributed by atoms with Crippen LogP contribution in [0.2, 0.25) is 0 Å². The molecule has 0 spiro atoms. The standard InChI is InChI=1S/C36H34F10O7/c1-2-3-4-5-8-29(34(39,40)41)53-31(48)26-15-19-28(20-16-26)52-30(47)25-11-9-23(10-12-25)24-13-17-27(18-14-24)50-21-6-7-22-51-32(49)33(37,38)35(42,43)36(44,45)46/h9-20,29H,2-8,21-22H2,1H3/t29-/m1/s1. The molecule has 3 rings (SSSR count). The number of halogens is 10. The maximum atomic E-state index is 13.4. The van der Waals surface area contributed by atoms with E-state index in [4.69, 9.17) is 14.2 Å². The van der Waals surface area contributed by atoms with Gasteiger partial charge in [-0.05, 0) is 85.3 Å². The Morgan fingerprint density at radius 1 is 0.604 bits per heavy atom. The molecule has 53 heavy (non-hydrogen) atoms. The van der Waals surface area contributed by atoms with Crippen LogP contribution in [0.1, 0.15) is 72.6 Å². The molecule has 0 aliphatic rings. The van der Waals surface area contributed by atoms with Crippen molar-refractivity contribution in [3.8, 4) is 22.6 Å². The number of ether oxygens (including phenoxy) is 4. The van der Waals surface area contributed by atoms with Crippen molar-refractivity contribution in [2.75, 3.05) is 13.2 Å². The summed E-state index contributed by atoms with van der Waals surface area (Å²) in [6, 6.07) is 17.6. The molecule has 0 saturated carbocycles. The molecule has 0 aliphatic heterocycles. The van der Waals surface area contributed by atoms with Gasteiger partial charge in [-0.2, -0.15) is 43.9 Å². The van der Waals surface area contributed by atoms with Crippen LogP contribution in [0.5, 0.6) is 11.5 Å². The van der Waals surface area contributed by atoms with E-state index < -0.39 is 54.8 Å². The molecule has 3 aromatic carbocycles. The lowest BCUT2D eigenvalue weighted by molar-refractivity contribution is -0.348. The van der Waals surface area contributed by atoms with Crippen LogP contribution in [0.3, 0.4) is 0 Å². The Morgan fingerprint density at radius 3 is 1.66 bits per heavy atom. The largest absolute Gasteiger partial charge is 0.494 e. The van der Waals surface area contributed by atoms with Gasteiger partial charge in [-0.25, -0.2) is 14.4 Å². The van der Waals surface area contributed by atoms with Gasteiger partial charge in [0.1, 0.15) is 11.5 Å². The van der Waals surface area contributed by atoms with Crippen LogP contribution in [0.25, 0.3) is 11.1 Å². The summed E-state index contributed by atoms with van der Waals surface area (Å²) >= 11 is 0. The van der Waals surface area contributed by atoms with E-state index in [1.54, 1.807) is 36.4 Å². The quantitative estimate of drug-likeness (QED) is 0.0551. The first-order valence-electron chi connectivity index (χ1n) is 16.2. The van der Waals surface area contributed by atoms with E-state index in [-0.39, 0.29) is 49.2 Å². The summed E-state index contributed by atoms with van der Waals surface area (Å²) in [5.74, 6) is -17.2. The van der Waals surface area contributed by atoms with E-state index in [0.29, 0.717) is 23.3 Å². The third kappa shape index (κ3) is 11.8. The summed E-state index contributed by atoms with van der Waals surface area (Å²) in [6.07, 6.45) is -11.6. The summed E-state index contributed by atoms with van der Waals surface area (Å²) in [4.78, 5) is 36.2. The van der Waals surface area contributed by atoms with E-state index >= 15 is 0 Å². The van der Waals surface area contributed by atoms with Crippen LogP contribution >= 0.6 is 0 Å². The van der Waals surface area contributed by atoms with E-state index in [9.17, 15) is 58.3 Å². The maximum absolute atomic E-state index is 13.4. The van der Waals surface area contributed by atoms with Gasteiger partial charge >= 0.3 is 42.1 Å². The van der Waals surface area contributed by atoms with Crippen LogP contribution in [0.4, 0.5) is 43.9 Å². The third-order valence-electron chi connectivity index (χ3n) is 7.59. The second-order valence-electron chi connectivity index (χ2n) is 11.6. The van der Waals surface area contributed by atoms with Gasteiger partial charge in [0.2, 0.25) is 0 Å². The fourth-order valence-corrected chi connectivity index (χ4v) is 4.57. The molecule has 0 radical (unpaired) electrons. The molecule has 0 amide bonds. The van der Waals surface area contributed by atoms with Gasteiger partial charge < -0.3 is 18.9 Å². The second kappa shape index (κ2) is 18.3. The van der Waals surface area contributed by atoms with Crippen LogP contribution in [-0.4, -0.2) is 61.4 Å². The highest BCUT2D eigenvalue weighted by Crippen LogP contribution is 2.47. The molecule has 0 bridgehead atoms. The molecule has 0 unspecified atom stereocenters. The molecule has 0 fully saturated rings. The fraction of sp³-hybridized carbons (Fsp3) is 0.417. The Hall–Kier alpha value is -4.83. The van der Waals surface area contributed by atoms with E-state index in [1.807, 2.05) is 6.92 Å². The molecule has 290 valence electrons. The number of carbonyl (C=O) groups is 3. The highest BCUT2D eigenvalue weighted by atomic mass is 19.4. The van der Waals surface area contributed by atoms with Crippen molar-refractivity contribution in [2.24, 2.45) is 0 Å². The van der Waals surface area contributed by atoms with Gasteiger partial charge in [-0.1, -0.05) is 50.5 Å². The van der Waals surface area contributed by atoms with Crippen molar-refractivity contribution in [2.45, 2.75) is 82.2 Å². The first kappa shape index (κ1) is 42.6. The molecular formula is C36H34F10O7. The van der Waals surface area contributed by atoms with Crippen molar-refractivity contribution in [3.05, 3.63) is 83.9 Å². The molecule has 7 nitrogen and oxygen atoms in total. The van der Waals surface area contributed by atoms with E-state index in [0.717, 1.165) is 12.8 Å². The highest BCUT2D eigenvalue weighted by Gasteiger charge is 2.77.